The van der Waals surface area contributed by atoms with Gasteiger partial charge >= 0.3 is 0 Å². The van der Waals surface area contributed by atoms with Crippen molar-refractivity contribution in [1.29, 1.82) is 0 Å². The van der Waals surface area contributed by atoms with E-state index in [1.54, 1.807) is 12.1 Å². The summed E-state index contributed by atoms with van der Waals surface area (Å²) in [6.07, 6.45) is 0.165. The number of thiol groups is 1. The first-order valence-electron chi connectivity index (χ1n) is 5.55. The summed E-state index contributed by atoms with van der Waals surface area (Å²) in [5, 5.41) is -0.336. The van der Waals surface area contributed by atoms with Gasteiger partial charge in [0.1, 0.15) is 0 Å². The molecule has 2 rings (SSSR count). The summed E-state index contributed by atoms with van der Waals surface area (Å²) >= 11 is 5.35. The van der Waals surface area contributed by atoms with Gasteiger partial charge in [-0.25, -0.2) is 16.5 Å². The number of nitrogens with zero attached hydrogens (tertiary/aromatic N) is 1. The Morgan fingerprint density at radius 2 is 2.00 bits per heavy atom. The fourth-order valence-corrected chi connectivity index (χ4v) is 2.45. The summed E-state index contributed by atoms with van der Waals surface area (Å²) in [4.78, 5) is 24.7. The fraction of sp³-hybridized carbons (Fsp3) is 0.333. The molecule has 0 saturated carbocycles. The van der Waals surface area contributed by atoms with Gasteiger partial charge in [0.2, 0.25) is 11.8 Å². The average Bonchev–Trinajstić information content (AvgIpc) is 2.63. The van der Waals surface area contributed by atoms with Gasteiger partial charge in [0, 0.05) is 11.7 Å². The molecule has 6 heteroatoms. The van der Waals surface area contributed by atoms with E-state index < -0.39 is 5.25 Å². The van der Waals surface area contributed by atoms with Crippen LogP contribution in [0.3, 0.4) is 0 Å². The van der Waals surface area contributed by atoms with E-state index in [1.807, 2.05) is 19.1 Å². The highest BCUT2D eigenvalue weighted by molar-refractivity contribution is 8.19. The fourth-order valence-electron chi connectivity index (χ4n) is 1.86. The molecule has 1 aliphatic rings. The Balaban J connectivity index is 2.25. The number of carbonyl (C=O) groups excluding carboxylic acids is 2. The van der Waals surface area contributed by atoms with Crippen LogP contribution in [0.2, 0.25) is 0 Å². The number of hydrogen-bond donors (Lipinski definition) is 1. The minimum absolute atomic E-state index is 0.165. The van der Waals surface area contributed by atoms with Crippen LogP contribution in [0.4, 0.5) is 5.69 Å². The number of rotatable bonds is 3. The van der Waals surface area contributed by atoms with Crippen LogP contribution in [0.15, 0.2) is 24.3 Å². The lowest BCUT2D eigenvalue weighted by atomic mass is 10.1. The Kier molecular flexibility index (Phi) is 4.07. The van der Waals surface area contributed by atoms with Crippen molar-refractivity contribution in [2.45, 2.75) is 23.8 Å². The number of imide groups is 1. The molecule has 2 atom stereocenters. The highest BCUT2D eigenvalue weighted by Gasteiger charge is 2.37. The maximum atomic E-state index is 11.8. The van der Waals surface area contributed by atoms with Crippen LogP contribution in [0, 0.1) is 0 Å². The molecule has 2 unspecified atom stereocenters. The van der Waals surface area contributed by atoms with Gasteiger partial charge in [0.15, 0.2) is 7.12 Å². The second-order valence-corrected chi connectivity index (χ2v) is 5.76. The van der Waals surface area contributed by atoms with Crippen molar-refractivity contribution in [3.8, 4) is 0 Å². The smallest absolute Gasteiger partial charge is 0.247 e. The van der Waals surface area contributed by atoms with Gasteiger partial charge in [-0.05, 0) is 17.7 Å². The van der Waals surface area contributed by atoms with Crippen LogP contribution < -0.4 is 4.90 Å². The molecule has 0 aromatic heterocycles. The molecule has 1 aromatic carbocycles. The molecule has 1 heterocycles. The molecule has 2 radical (unpaired) electrons. The van der Waals surface area contributed by atoms with E-state index in [4.69, 9.17) is 7.12 Å². The normalized spacial score (nSPS) is 21.4. The van der Waals surface area contributed by atoms with Crippen molar-refractivity contribution >= 4 is 48.9 Å². The Bertz CT molecular complexity index is 477. The number of hydrogen-bond acceptors (Lipinski definition) is 4. The number of amides is 2. The van der Waals surface area contributed by atoms with E-state index in [9.17, 15) is 9.59 Å². The molecule has 0 spiro atoms. The third-order valence-electron chi connectivity index (χ3n) is 2.95. The lowest BCUT2D eigenvalue weighted by molar-refractivity contribution is -0.121. The summed E-state index contributed by atoms with van der Waals surface area (Å²) in [7, 11) is 5.51. The first-order valence-corrected chi connectivity index (χ1v) is 7.01. The summed E-state index contributed by atoms with van der Waals surface area (Å²) in [6, 6.07) is 7.30. The van der Waals surface area contributed by atoms with Crippen LogP contribution in [-0.4, -0.2) is 24.2 Å². The lowest BCUT2D eigenvalue weighted by Crippen LogP contribution is -2.30. The summed E-state index contributed by atoms with van der Waals surface area (Å²) in [5.41, 5.74) is 1.66. The van der Waals surface area contributed by atoms with Crippen LogP contribution in [0.1, 0.15) is 24.2 Å². The lowest BCUT2D eigenvalue weighted by Gasteiger charge is -2.16. The summed E-state index contributed by atoms with van der Waals surface area (Å²) in [6.45, 7) is 2.00. The SMILES string of the molecule is [B]SC(C)c1ccc(N2C(=O)CC(S)C2=O)cc1. The maximum absolute atomic E-state index is 11.8. The van der Waals surface area contributed by atoms with Gasteiger partial charge in [-0.2, -0.15) is 12.6 Å². The Morgan fingerprint density at radius 1 is 1.39 bits per heavy atom. The largest absolute Gasteiger partial charge is 0.274 e. The molecule has 1 aromatic rings. The molecule has 1 fully saturated rings. The van der Waals surface area contributed by atoms with Crippen molar-refractivity contribution in [2.24, 2.45) is 0 Å². The van der Waals surface area contributed by atoms with Crippen LogP contribution in [0.5, 0.6) is 0 Å². The predicted octanol–water partition coefficient (Wildman–Crippen LogP) is 2.13. The van der Waals surface area contributed by atoms with E-state index >= 15 is 0 Å². The van der Waals surface area contributed by atoms with Crippen molar-refractivity contribution < 1.29 is 9.59 Å². The molecule has 92 valence electrons. The van der Waals surface area contributed by atoms with Crippen LogP contribution in [-0.2, 0) is 9.59 Å². The third kappa shape index (κ3) is 2.45. The van der Waals surface area contributed by atoms with Crippen molar-refractivity contribution in [2.75, 3.05) is 4.90 Å². The predicted molar refractivity (Wildman–Crippen MR) is 78.1 cm³/mol. The van der Waals surface area contributed by atoms with Crippen molar-refractivity contribution in [1.82, 2.24) is 0 Å². The highest BCUT2D eigenvalue weighted by Crippen LogP contribution is 2.29. The first-order chi connectivity index (χ1) is 8.54. The Labute approximate surface area is 117 Å². The summed E-state index contributed by atoms with van der Waals surface area (Å²) in [5.74, 6) is -0.452. The molecule has 1 saturated heterocycles. The molecule has 0 N–H and O–H groups in total. The Morgan fingerprint density at radius 3 is 2.44 bits per heavy atom. The number of carbonyl (C=O) groups is 2. The average molecular weight is 277 g/mol. The Hall–Kier alpha value is -0.875. The molecular formula is C12H12BNO2S2. The van der Waals surface area contributed by atoms with Gasteiger partial charge in [0.05, 0.1) is 10.9 Å². The standard InChI is InChI=1S/C12H12BNO2S2/c1-7(18-13)8-2-4-9(5-3-8)14-11(15)6-10(17)12(14)16/h2-5,7,10,17H,6H2,1H3. The van der Waals surface area contributed by atoms with Gasteiger partial charge in [-0.15, -0.1) is 0 Å². The van der Waals surface area contributed by atoms with Gasteiger partial charge in [-0.3, -0.25) is 9.59 Å². The second kappa shape index (κ2) is 5.40. The maximum Gasteiger partial charge on any atom is 0.247 e. The van der Waals surface area contributed by atoms with Gasteiger partial charge < -0.3 is 0 Å². The number of anilines is 1. The van der Waals surface area contributed by atoms with E-state index in [2.05, 4.69) is 12.6 Å². The molecule has 0 bridgehead atoms. The van der Waals surface area contributed by atoms with E-state index in [-0.39, 0.29) is 23.5 Å². The molecule has 1 aliphatic heterocycles. The summed E-state index contributed by atoms with van der Waals surface area (Å²) < 4.78 is 0. The number of benzene rings is 1. The third-order valence-corrected chi connectivity index (χ3v) is 4.03. The highest BCUT2D eigenvalue weighted by atomic mass is 32.2. The molecule has 0 aliphatic carbocycles. The molecule has 18 heavy (non-hydrogen) atoms. The van der Waals surface area contributed by atoms with Crippen LogP contribution in [0.25, 0.3) is 0 Å². The molecule has 2 amide bonds. The second-order valence-electron chi connectivity index (χ2n) is 4.16. The minimum atomic E-state index is -0.518. The molecule has 3 nitrogen and oxygen atoms in total. The van der Waals surface area contributed by atoms with E-state index in [1.165, 1.54) is 16.5 Å². The zero-order chi connectivity index (χ0) is 13.3. The zero-order valence-electron chi connectivity index (χ0n) is 9.87. The van der Waals surface area contributed by atoms with E-state index in [0.717, 1.165) is 5.56 Å². The van der Waals surface area contributed by atoms with Crippen LogP contribution >= 0.6 is 24.2 Å². The van der Waals surface area contributed by atoms with Crippen molar-refractivity contribution in [3.05, 3.63) is 29.8 Å². The van der Waals surface area contributed by atoms with Gasteiger partial charge in [-0.1, -0.05) is 19.1 Å². The van der Waals surface area contributed by atoms with E-state index in [0.29, 0.717) is 5.69 Å². The van der Waals surface area contributed by atoms with Crippen molar-refractivity contribution in [3.63, 3.8) is 0 Å². The molecular weight excluding hydrogens is 265 g/mol. The minimum Gasteiger partial charge on any atom is -0.274 e. The topological polar surface area (TPSA) is 37.4 Å². The first kappa shape index (κ1) is 13.6. The quantitative estimate of drug-likeness (QED) is 0.522. The zero-order valence-corrected chi connectivity index (χ0v) is 11.6. The monoisotopic (exact) mass is 277 g/mol. The van der Waals surface area contributed by atoms with Gasteiger partial charge in [0.25, 0.3) is 0 Å².